The minimum Gasteiger partial charge on any atom is -0.381 e. The van der Waals surface area contributed by atoms with Gasteiger partial charge in [0.1, 0.15) is 11.4 Å². The van der Waals surface area contributed by atoms with E-state index in [1.165, 1.54) is 0 Å². The molecule has 3 saturated carbocycles. The second kappa shape index (κ2) is 5.59. The Morgan fingerprint density at radius 3 is 2.65 bits per heavy atom. The zero-order valence-corrected chi connectivity index (χ0v) is 15.7. The molecule has 0 bridgehead atoms. The number of hydrogen-bond donors (Lipinski definition) is 2. The van der Waals surface area contributed by atoms with Crippen molar-refractivity contribution in [3.05, 3.63) is 11.6 Å². The fourth-order valence-corrected chi connectivity index (χ4v) is 7.01. The number of ketones is 3. The lowest BCUT2D eigenvalue weighted by Crippen LogP contribution is -2.61. The van der Waals surface area contributed by atoms with Gasteiger partial charge in [0, 0.05) is 24.2 Å². The molecule has 5 nitrogen and oxygen atoms in total. The largest absolute Gasteiger partial charge is 0.381 e. The van der Waals surface area contributed by atoms with E-state index in [2.05, 4.69) is 6.92 Å². The van der Waals surface area contributed by atoms with Gasteiger partial charge in [-0.2, -0.15) is 0 Å². The number of aliphatic hydroxyl groups is 1. The van der Waals surface area contributed by atoms with Crippen molar-refractivity contribution in [1.82, 2.24) is 0 Å². The normalized spacial score (nSPS) is 47.7. The highest BCUT2D eigenvalue weighted by Crippen LogP contribution is 2.66. The van der Waals surface area contributed by atoms with Crippen LogP contribution < -0.4 is 5.73 Å². The predicted octanol–water partition coefficient (Wildman–Crippen LogP) is 1.96. The topological polar surface area (TPSA) is 97.5 Å². The van der Waals surface area contributed by atoms with Gasteiger partial charge in [-0.3, -0.25) is 14.4 Å². The van der Waals surface area contributed by atoms with Crippen LogP contribution in [0.1, 0.15) is 58.8 Å². The Bertz CT molecular complexity index is 728. The molecule has 142 valence electrons. The summed E-state index contributed by atoms with van der Waals surface area (Å²) < 4.78 is 0. The second-order valence-electron chi connectivity index (χ2n) is 9.43. The molecule has 0 amide bonds. The van der Waals surface area contributed by atoms with E-state index in [1.807, 2.05) is 6.92 Å². The smallest absolute Gasteiger partial charge is 0.178 e. The molecule has 3 fully saturated rings. The maximum atomic E-state index is 13.4. The summed E-state index contributed by atoms with van der Waals surface area (Å²) in [4.78, 5) is 37.7. The molecular weight excluding hydrogens is 330 g/mol. The molecule has 3 N–H and O–H groups in total. The summed E-state index contributed by atoms with van der Waals surface area (Å²) in [5.74, 6) is 0.232. The van der Waals surface area contributed by atoms with Gasteiger partial charge in [-0.15, -0.1) is 0 Å². The Hall–Kier alpha value is -1.33. The van der Waals surface area contributed by atoms with Gasteiger partial charge in [-0.05, 0) is 55.4 Å². The monoisotopic (exact) mass is 359 g/mol. The molecule has 0 aromatic rings. The van der Waals surface area contributed by atoms with Gasteiger partial charge in [0.05, 0.1) is 6.54 Å². The Morgan fingerprint density at radius 1 is 1.23 bits per heavy atom. The highest BCUT2D eigenvalue weighted by Gasteiger charge is 2.68. The lowest BCUT2D eigenvalue weighted by molar-refractivity contribution is -0.168. The molecule has 0 aromatic heterocycles. The van der Waals surface area contributed by atoms with Crippen LogP contribution in [0, 0.1) is 28.6 Å². The lowest BCUT2D eigenvalue weighted by Gasteiger charge is -2.57. The van der Waals surface area contributed by atoms with Crippen molar-refractivity contribution in [2.45, 2.75) is 64.4 Å². The Kier molecular flexibility index (Phi) is 3.88. The van der Waals surface area contributed by atoms with Crippen LogP contribution >= 0.6 is 0 Å². The molecule has 4 rings (SSSR count). The SMILES string of the molecule is C[C@]12CCC(=O)C=C1CCC1C2C(=O)C[C@@]2(C)C1CC[C@]2(O)C(=O)CN. The van der Waals surface area contributed by atoms with Gasteiger partial charge in [0.2, 0.25) is 0 Å². The highest BCUT2D eigenvalue weighted by atomic mass is 16.3. The van der Waals surface area contributed by atoms with Crippen LogP contribution in [0.2, 0.25) is 0 Å². The van der Waals surface area contributed by atoms with Crippen molar-refractivity contribution >= 4 is 17.3 Å². The van der Waals surface area contributed by atoms with Crippen molar-refractivity contribution in [1.29, 1.82) is 0 Å². The molecule has 0 saturated heterocycles. The zero-order chi connectivity index (χ0) is 18.9. The first-order valence-corrected chi connectivity index (χ1v) is 9.90. The van der Waals surface area contributed by atoms with E-state index in [9.17, 15) is 19.5 Å². The zero-order valence-electron chi connectivity index (χ0n) is 15.7. The lowest BCUT2D eigenvalue weighted by atomic mass is 9.46. The summed E-state index contributed by atoms with van der Waals surface area (Å²) in [7, 11) is 0. The number of nitrogens with two attached hydrogens (primary N) is 1. The number of allylic oxidation sites excluding steroid dienone is 1. The average molecular weight is 359 g/mol. The van der Waals surface area contributed by atoms with Gasteiger partial charge in [-0.25, -0.2) is 0 Å². The molecule has 0 spiro atoms. The first-order chi connectivity index (χ1) is 12.2. The van der Waals surface area contributed by atoms with Crippen LogP contribution in [0.15, 0.2) is 11.6 Å². The Balaban J connectivity index is 1.75. The molecular formula is C21H29NO4. The van der Waals surface area contributed by atoms with E-state index in [0.29, 0.717) is 12.8 Å². The van der Waals surface area contributed by atoms with Crippen LogP contribution in [-0.4, -0.2) is 34.6 Å². The standard InChI is InChI=1S/C21H29NO4/c1-19-7-5-13(23)9-12(19)3-4-14-15-6-8-21(26,17(25)11-22)20(15,2)10-16(24)18(14)19/h9,14-15,18,26H,3-8,10-11,22H2,1-2H3/t14?,15?,18?,19-,20-,21-/m0/s1. The number of fused-ring (bicyclic) bond motifs is 5. The first-order valence-electron chi connectivity index (χ1n) is 9.90. The van der Waals surface area contributed by atoms with Crippen LogP contribution in [0.3, 0.4) is 0 Å². The number of carbonyl (C=O) groups is 3. The minimum atomic E-state index is -1.48. The summed E-state index contributed by atoms with van der Waals surface area (Å²) >= 11 is 0. The summed E-state index contributed by atoms with van der Waals surface area (Å²) in [6.45, 7) is 3.88. The average Bonchev–Trinajstić information content (AvgIpc) is 2.86. The third kappa shape index (κ3) is 2.07. The summed E-state index contributed by atoms with van der Waals surface area (Å²) in [6.07, 6.45) is 6.13. The van der Waals surface area contributed by atoms with E-state index in [0.717, 1.165) is 31.3 Å². The van der Waals surface area contributed by atoms with Gasteiger partial charge in [0.15, 0.2) is 11.6 Å². The van der Waals surface area contributed by atoms with Crippen LogP contribution in [-0.2, 0) is 14.4 Å². The fourth-order valence-electron chi connectivity index (χ4n) is 7.01. The van der Waals surface area contributed by atoms with E-state index in [-0.39, 0.29) is 53.5 Å². The first kappa shape index (κ1) is 18.1. The van der Waals surface area contributed by atoms with Crippen molar-refractivity contribution < 1.29 is 19.5 Å². The van der Waals surface area contributed by atoms with Gasteiger partial charge in [-0.1, -0.05) is 19.4 Å². The van der Waals surface area contributed by atoms with Gasteiger partial charge >= 0.3 is 0 Å². The maximum Gasteiger partial charge on any atom is 0.178 e. The van der Waals surface area contributed by atoms with Crippen LogP contribution in [0.4, 0.5) is 0 Å². The fraction of sp³-hybridized carbons (Fsp3) is 0.762. The van der Waals surface area contributed by atoms with Crippen molar-refractivity contribution in [3.63, 3.8) is 0 Å². The molecule has 0 heterocycles. The van der Waals surface area contributed by atoms with Crippen LogP contribution in [0.25, 0.3) is 0 Å². The molecule has 0 aromatic carbocycles. The second-order valence-corrected chi connectivity index (χ2v) is 9.43. The Labute approximate surface area is 154 Å². The summed E-state index contributed by atoms with van der Waals surface area (Å²) in [5, 5.41) is 11.2. The molecule has 0 radical (unpaired) electrons. The summed E-state index contributed by atoms with van der Waals surface area (Å²) in [5.41, 5.74) is 4.27. The summed E-state index contributed by atoms with van der Waals surface area (Å²) in [6, 6.07) is 0. The number of carbonyl (C=O) groups excluding carboxylic acids is 3. The van der Waals surface area contributed by atoms with E-state index in [4.69, 9.17) is 5.73 Å². The number of Topliss-reactive ketones (excluding diaryl/α,β-unsaturated/α-hetero) is 2. The van der Waals surface area contributed by atoms with Crippen molar-refractivity contribution in [2.24, 2.45) is 34.3 Å². The number of rotatable bonds is 2. The quantitative estimate of drug-likeness (QED) is 0.785. The number of hydrogen-bond acceptors (Lipinski definition) is 5. The van der Waals surface area contributed by atoms with Crippen molar-refractivity contribution in [3.8, 4) is 0 Å². The molecule has 26 heavy (non-hydrogen) atoms. The molecule has 3 unspecified atom stereocenters. The molecule has 4 aliphatic rings. The van der Waals surface area contributed by atoms with E-state index in [1.54, 1.807) is 6.08 Å². The van der Waals surface area contributed by atoms with E-state index < -0.39 is 11.0 Å². The minimum absolute atomic E-state index is 0.0935. The van der Waals surface area contributed by atoms with E-state index >= 15 is 0 Å². The predicted molar refractivity (Wildman–Crippen MR) is 96.1 cm³/mol. The maximum absolute atomic E-state index is 13.4. The van der Waals surface area contributed by atoms with Gasteiger partial charge < -0.3 is 10.8 Å². The molecule has 5 heteroatoms. The van der Waals surface area contributed by atoms with Gasteiger partial charge in [0.25, 0.3) is 0 Å². The highest BCUT2D eigenvalue weighted by molar-refractivity contribution is 5.94. The molecule has 0 aliphatic heterocycles. The van der Waals surface area contributed by atoms with Crippen molar-refractivity contribution in [2.75, 3.05) is 6.54 Å². The third-order valence-electron chi connectivity index (χ3n) is 8.45. The third-order valence-corrected chi connectivity index (χ3v) is 8.45. The molecule has 4 aliphatic carbocycles. The Morgan fingerprint density at radius 2 is 1.96 bits per heavy atom. The van der Waals surface area contributed by atoms with Crippen LogP contribution in [0.5, 0.6) is 0 Å². The molecule has 6 atom stereocenters.